The fraction of sp³-hybridized carbons (Fsp3) is 0.111. The van der Waals surface area contributed by atoms with Crippen molar-refractivity contribution in [3.63, 3.8) is 0 Å². The number of nitro groups is 1. The van der Waals surface area contributed by atoms with E-state index >= 15 is 0 Å². The van der Waals surface area contributed by atoms with Crippen LogP contribution in [0.15, 0.2) is 18.2 Å². The maximum atomic E-state index is 12.8. The molecular formula is C9H6FNO6. The van der Waals surface area contributed by atoms with Crippen LogP contribution in [0.1, 0.15) is 11.5 Å². The molecular weight excluding hydrogens is 237 g/mol. The molecule has 0 unspecified atom stereocenters. The minimum atomic E-state index is -2.10. The van der Waals surface area contributed by atoms with E-state index in [2.05, 4.69) is 0 Å². The van der Waals surface area contributed by atoms with E-state index in [1.54, 1.807) is 0 Å². The van der Waals surface area contributed by atoms with Gasteiger partial charge in [-0.25, -0.2) is 4.39 Å². The smallest absolute Gasteiger partial charge is 0.322 e. The molecule has 0 aliphatic heterocycles. The number of nitro benzene ring substituents is 1. The van der Waals surface area contributed by atoms with E-state index in [1.807, 2.05) is 0 Å². The van der Waals surface area contributed by atoms with E-state index in [0.29, 0.717) is 6.07 Å². The summed E-state index contributed by atoms with van der Waals surface area (Å²) in [6, 6.07) is 2.02. The van der Waals surface area contributed by atoms with Crippen molar-refractivity contribution in [3.05, 3.63) is 39.7 Å². The summed E-state index contributed by atoms with van der Waals surface area (Å²) in [6.45, 7) is 0. The highest BCUT2D eigenvalue weighted by molar-refractivity contribution is 5.99. The topological polar surface area (TPSA) is 118 Å². The summed E-state index contributed by atoms with van der Waals surface area (Å²) in [7, 11) is 0. The Morgan fingerprint density at radius 1 is 1.29 bits per heavy atom. The summed E-state index contributed by atoms with van der Waals surface area (Å²) in [5.41, 5.74) is -1.45. The highest BCUT2D eigenvalue weighted by Gasteiger charge is 2.34. The van der Waals surface area contributed by atoms with E-state index < -0.39 is 39.8 Å². The van der Waals surface area contributed by atoms with Crippen LogP contribution in [0.2, 0.25) is 0 Å². The second kappa shape index (κ2) is 4.56. The van der Waals surface area contributed by atoms with Crippen molar-refractivity contribution in [1.29, 1.82) is 0 Å². The zero-order valence-electron chi connectivity index (χ0n) is 8.16. The van der Waals surface area contributed by atoms with Crippen molar-refractivity contribution in [2.24, 2.45) is 0 Å². The summed E-state index contributed by atoms with van der Waals surface area (Å²) in [4.78, 5) is 31.0. The number of benzene rings is 1. The van der Waals surface area contributed by atoms with Crippen molar-refractivity contribution in [3.8, 4) is 0 Å². The second-order valence-corrected chi connectivity index (χ2v) is 3.07. The van der Waals surface area contributed by atoms with Gasteiger partial charge < -0.3 is 10.2 Å². The van der Waals surface area contributed by atoms with E-state index in [4.69, 9.17) is 10.2 Å². The Bertz CT molecular complexity index is 486. The van der Waals surface area contributed by atoms with Crippen LogP contribution in [0.5, 0.6) is 0 Å². The van der Waals surface area contributed by atoms with Crippen LogP contribution < -0.4 is 0 Å². The van der Waals surface area contributed by atoms with E-state index in [0.717, 1.165) is 12.1 Å². The molecule has 0 aliphatic rings. The number of carboxylic acids is 2. The van der Waals surface area contributed by atoms with Crippen LogP contribution in [0.3, 0.4) is 0 Å². The largest absolute Gasteiger partial charge is 0.480 e. The Morgan fingerprint density at radius 3 is 2.24 bits per heavy atom. The van der Waals surface area contributed by atoms with Crippen LogP contribution in [0.4, 0.5) is 10.1 Å². The van der Waals surface area contributed by atoms with Crippen LogP contribution in [-0.4, -0.2) is 27.1 Å². The lowest BCUT2D eigenvalue weighted by Gasteiger charge is -2.08. The predicted molar refractivity (Wildman–Crippen MR) is 51.1 cm³/mol. The standard InChI is InChI=1S/C9H6FNO6/c10-4-1-2-5(6(3-4)11(16)17)7(8(12)13)9(14)15/h1-3,7H,(H,12,13)(H,14,15). The highest BCUT2D eigenvalue weighted by atomic mass is 19.1. The molecule has 0 spiro atoms. The molecule has 0 fully saturated rings. The van der Waals surface area contributed by atoms with E-state index in [1.165, 1.54) is 0 Å². The van der Waals surface area contributed by atoms with Gasteiger partial charge in [0.1, 0.15) is 5.82 Å². The fourth-order valence-electron chi connectivity index (χ4n) is 1.29. The molecule has 0 radical (unpaired) electrons. The molecule has 1 aromatic carbocycles. The molecule has 7 nitrogen and oxygen atoms in total. The lowest BCUT2D eigenvalue weighted by Crippen LogP contribution is -2.22. The number of hydrogen-bond acceptors (Lipinski definition) is 4. The lowest BCUT2D eigenvalue weighted by molar-refractivity contribution is -0.385. The highest BCUT2D eigenvalue weighted by Crippen LogP contribution is 2.28. The molecule has 8 heteroatoms. The lowest BCUT2D eigenvalue weighted by atomic mass is 9.97. The molecule has 2 N–H and O–H groups in total. The van der Waals surface area contributed by atoms with Gasteiger partial charge in [-0.3, -0.25) is 19.7 Å². The number of hydrogen-bond donors (Lipinski definition) is 2. The number of nitrogens with zero attached hydrogens (tertiary/aromatic N) is 1. The first-order valence-electron chi connectivity index (χ1n) is 4.24. The maximum absolute atomic E-state index is 12.8. The predicted octanol–water partition coefficient (Wildman–Crippen LogP) is 0.987. The molecule has 0 amide bonds. The van der Waals surface area contributed by atoms with Crippen LogP contribution >= 0.6 is 0 Å². The van der Waals surface area contributed by atoms with Crippen molar-refractivity contribution >= 4 is 17.6 Å². The van der Waals surface area contributed by atoms with Crippen molar-refractivity contribution < 1.29 is 29.1 Å². The summed E-state index contributed by atoms with van der Waals surface area (Å²) < 4.78 is 12.8. The molecule has 1 aromatic rings. The second-order valence-electron chi connectivity index (χ2n) is 3.07. The molecule has 1 rings (SSSR count). The minimum Gasteiger partial charge on any atom is -0.480 e. The Hall–Kier alpha value is -2.51. The zero-order valence-corrected chi connectivity index (χ0v) is 8.16. The summed E-state index contributed by atoms with van der Waals surface area (Å²) in [5.74, 6) is -6.56. The summed E-state index contributed by atoms with van der Waals surface area (Å²) in [5, 5.41) is 27.9. The van der Waals surface area contributed by atoms with Crippen molar-refractivity contribution in [2.45, 2.75) is 5.92 Å². The van der Waals surface area contributed by atoms with Gasteiger partial charge in [0.25, 0.3) is 5.69 Å². The number of carboxylic acid groups (broad SMARTS) is 2. The van der Waals surface area contributed by atoms with Gasteiger partial charge in [-0.05, 0) is 12.1 Å². The Morgan fingerprint density at radius 2 is 1.82 bits per heavy atom. The van der Waals surface area contributed by atoms with Gasteiger partial charge in [-0.2, -0.15) is 0 Å². The van der Waals surface area contributed by atoms with Gasteiger partial charge in [-0.1, -0.05) is 0 Å². The fourth-order valence-corrected chi connectivity index (χ4v) is 1.29. The number of carbonyl (C=O) groups is 2. The molecule has 90 valence electrons. The molecule has 17 heavy (non-hydrogen) atoms. The van der Waals surface area contributed by atoms with Gasteiger partial charge in [0.2, 0.25) is 0 Å². The van der Waals surface area contributed by atoms with E-state index in [9.17, 15) is 24.1 Å². The van der Waals surface area contributed by atoms with Gasteiger partial charge in [0.05, 0.1) is 16.6 Å². The molecule has 0 heterocycles. The number of rotatable bonds is 4. The quantitative estimate of drug-likeness (QED) is 0.462. The molecule has 0 saturated carbocycles. The van der Waals surface area contributed by atoms with Crippen LogP contribution in [-0.2, 0) is 9.59 Å². The third kappa shape index (κ3) is 2.54. The van der Waals surface area contributed by atoms with Crippen molar-refractivity contribution in [1.82, 2.24) is 0 Å². The van der Waals surface area contributed by atoms with Crippen LogP contribution in [0.25, 0.3) is 0 Å². The third-order valence-corrected chi connectivity index (χ3v) is 1.99. The summed E-state index contributed by atoms with van der Waals surface area (Å²) >= 11 is 0. The average molecular weight is 243 g/mol. The third-order valence-electron chi connectivity index (χ3n) is 1.99. The number of aliphatic carboxylic acids is 2. The monoisotopic (exact) mass is 243 g/mol. The Labute approximate surface area is 93.3 Å². The molecule has 0 atom stereocenters. The SMILES string of the molecule is O=C(O)C(C(=O)O)c1ccc(F)cc1[N+](=O)[O-]. The zero-order chi connectivity index (χ0) is 13.2. The van der Waals surface area contributed by atoms with Gasteiger partial charge in [0.15, 0.2) is 5.92 Å². The molecule has 0 saturated heterocycles. The number of halogens is 1. The maximum Gasteiger partial charge on any atom is 0.322 e. The average Bonchev–Trinajstić information content (AvgIpc) is 2.19. The van der Waals surface area contributed by atoms with Gasteiger partial charge >= 0.3 is 11.9 Å². The molecule has 0 aromatic heterocycles. The van der Waals surface area contributed by atoms with Gasteiger partial charge in [0, 0.05) is 0 Å². The first-order valence-corrected chi connectivity index (χ1v) is 4.24. The molecule has 0 bridgehead atoms. The summed E-state index contributed by atoms with van der Waals surface area (Å²) in [6.07, 6.45) is 0. The normalized spacial score (nSPS) is 10.2. The minimum absolute atomic E-state index is 0.480. The first kappa shape index (κ1) is 12.6. The van der Waals surface area contributed by atoms with Gasteiger partial charge in [-0.15, -0.1) is 0 Å². The first-order chi connectivity index (χ1) is 7.84. The van der Waals surface area contributed by atoms with E-state index in [-0.39, 0.29) is 0 Å². The molecule has 0 aliphatic carbocycles. The van der Waals surface area contributed by atoms with Crippen molar-refractivity contribution in [2.75, 3.05) is 0 Å². The van der Waals surface area contributed by atoms with Crippen LogP contribution in [0, 0.1) is 15.9 Å². The Kier molecular flexibility index (Phi) is 3.37. The Balaban J connectivity index is 3.43.